The first-order valence-corrected chi connectivity index (χ1v) is 7.90. The predicted octanol–water partition coefficient (Wildman–Crippen LogP) is 2.63. The fourth-order valence-electron chi connectivity index (χ4n) is 2.59. The molecule has 0 atom stereocenters. The van der Waals surface area contributed by atoms with Crippen LogP contribution in [0.4, 0.5) is 4.79 Å². The number of benzene rings is 1. The van der Waals surface area contributed by atoms with E-state index in [1.165, 1.54) is 0 Å². The Bertz CT molecular complexity index is 613. The molecule has 0 saturated heterocycles. The van der Waals surface area contributed by atoms with Crippen LogP contribution in [0.5, 0.6) is 0 Å². The molecule has 1 fully saturated rings. The highest BCUT2D eigenvalue weighted by atomic mass is 16.5. The number of hydrogen-bond donors (Lipinski definition) is 2. The summed E-state index contributed by atoms with van der Waals surface area (Å²) in [6, 6.07) is 16.2. The highest BCUT2D eigenvalue weighted by Gasteiger charge is 2.30. The Hall–Kier alpha value is -2.40. The lowest BCUT2D eigenvalue weighted by atomic mass is 9.87. The average molecular weight is 311 g/mol. The maximum atomic E-state index is 11.7. The van der Waals surface area contributed by atoms with Gasteiger partial charge >= 0.3 is 6.09 Å². The highest BCUT2D eigenvalue weighted by molar-refractivity contribution is 5.67. The summed E-state index contributed by atoms with van der Waals surface area (Å²) in [4.78, 5) is 16.0. The van der Waals surface area contributed by atoms with Crippen molar-refractivity contribution in [2.45, 2.75) is 38.1 Å². The fraction of sp³-hybridized carbons (Fsp3) is 0.333. The van der Waals surface area contributed by atoms with E-state index in [4.69, 9.17) is 4.74 Å². The van der Waals surface area contributed by atoms with Crippen molar-refractivity contribution in [2.75, 3.05) is 0 Å². The Balaban J connectivity index is 1.30. The van der Waals surface area contributed by atoms with Crippen LogP contribution in [0, 0.1) is 0 Å². The molecule has 0 aliphatic heterocycles. The minimum atomic E-state index is -0.345. The molecule has 0 spiro atoms. The standard InChI is InChI=1S/C18H21N3O2/c22-18(23-13-14-6-2-1-3-7-14)21-17-10-16(11-17)20-12-15-8-4-5-9-19-15/h1-9,16-17,20H,10-13H2,(H,21,22). The predicted molar refractivity (Wildman–Crippen MR) is 87.6 cm³/mol. The van der Waals surface area contributed by atoms with Gasteiger partial charge in [-0.1, -0.05) is 36.4 Å². The van der Waals surface area contributed by atoms with E-state index in [9.17, 15) is 4.79 Å². The molecule has 23 heavy (non-hydrogen) atoms. The number of amides is 1. The maximum absolute atomic E-state index is 11.7. The fourth-order valence-corrected chi connectivity index (χ4v) is 2.59. The lowest BCUT2D eigenvalue weighted by Gasteiger charge is -2.36. The summed E-state index contributed by atoms with van der Waals surface area (Å²) in [7, 11) is 0. The number of nitrogens with one attached hydrogen (secondary N) is 2. The van der Waals surface area contributed by atoms with Gasteiger partial charge < -0.3 is 15.4 Å². The molecule has 120 valence electrons. The first kappa shape index (κ1) is 15.5. The van der Waals surface area contributed by atoms with Crippen LogP contribution in [0.3, 0.4) is 0 Å². The zero-order valence-corrected chi connectivity index (χ0v) is 12.9. The molecular formula is C18H21N3O2. The third kappa shape index (κ3) is 4.79. The molecular weight excluding hydrogens is 290 g/mol. The van der Waals surface area contributed by atoms with Gasteiger partial charge in [0.05, 0.1) is 5.69 Å². The van der Waals surface area contributed by atoms with Crippen LogP contribution in [-0.2, 0) is 17.9 Å². The largest absolute Gasteiger partial charge is 0.445 e. The summed E-state index contributed by atoms with van der Waals surface area (Å²) in [5.41, 5.74) is 2.03. The quantitative estimate of drug-likeness (QED) is 0.861. The molecule has 0 bridgehead atoms. The minimum Gasteiger partial charge on any atom is -0.445 e. The van der Waals surface area contributed by atoms with Gasteiger partial charge in [0.15, 0.2) is 0 Å². The van der Waals surface area contributed by atoms with Crippen LogP contribution in [0.25, 0.3) is 0 Å². The molecule has 0 radical (unpaired) electrons. The number of hydrogen-bond acceptors (Lipinski definition) is 4. The molecule has 5 nitrogen and oxygen atoms in total. The number of carbonyl (C=O) groups excluding carboxylic acids is 1. The number of rotatable bonds is 6. The Morgan fingerprint density at radius 3 is 2.61 bits per heavy atom. The second kappa shape index (κ2) is 7.74. The number of aromatic nitrogens is 1. The number of alkyl carbamates (subject to hydrolysis) is 1. The van der Waals surface area contributed by atoms with Crippen molar-refractivity contribution in [1.82, 2.24) is 15.6 Å². The van der Waals surface area contributed by atoms with E-state index in [0.717, 1.165) is 30.6 Å². The SMILES string of the molecule is O=C(NC1CC(NCc2ccccn2)C1)OCc1ccccc1. The first-order chi connectivity index (χ1) is 11.3. The van der Waals surface area contributed by atoms with Crippen LogP contribution in [0.1, 0.15) is 24.1 Å². The van der Waals surface area contributed by atoms with Crippen molar-refractivity contribution >= 4 is 6.09 Å². The Morgan fingerprint density at radius 1 is 1.09 bits per heavy atom. The van der Waals surface area contributed by atoms with Gasteiger partial charge in [-0.25, -0.2) is 4.79 Å². The van der Waals surface area contributed by atoms with Crippen molar-refractivity contribution in [1.29, 1.82) is 0 Å². The van der Waals surface area contributed by atoms with E-state index < -0.39 is 0 Å². The van der Waals surface area contributed by atoms with Gasteiger partial charge in [0, 0.05) is 24.8 Å². The third-order valence-corrected chi connectivity index (χ3v) is 3.97. The minimum absolute atomic E-state index is 0.194. The van der Waals surface area contributed by atoms with Crippen LogP contribution in [0.2, 0.25) is 0 Å². The van der Waals surface area contributed by atoms with Crippen molar-refractivity contribution in [3.63, 3.8) is 0 Å². The average Bonchev–Trinajstić information content (AvgIpc) is 2.57. The van der Waals surface area contributed by atoms with Crippen molar-refractivity contribution in [3.05, 3.63) is 66.0 Å². The second-order valence-corrected chi connectivity index (χ2v) is 5.77. The first-order valence-electron chi connectivity index (χ1n) is 7.90. The normalized spacial score (nSPS) is 19.7. The molecule has 3 rings (SSSR count). The van der Waals surface area contributed by atoms with Crippen LogP contribution < -0.4 is 10.6 Å². The van der Waals surface area contributed by atoms with Gasteiger partial charge in [-0.05, 0) is 30.5 Å². The Labute approximate surface area is 136 Å². The third-order valence-electron chi connectivity index (χ3n) is 3.97. The van der Waals surface area contributed by atoms with E-state index in [0.29, 0.717) is 12.6 Å². The highest BCUT2D eigenvalue weighted by Crippen LogP contribution is 2.20. The molecule has 0 unspecified atom stereocenters. The molecule has 5 heteroatoms. The second-order valence-electron chi connectivity index (χ2n) is 5.77. The van der Waals surface area contributed by atoms with Crippen molar-refractivity contribution in [3.8, 4) is 0 Å². The zero-order valence-electron chi connectivity index (χ0n) is 12.9. The summed E-state index contributed by atoms with van der Waals surface area (Å²) in [6.07, 6.45) is 3.30. The van der Waals surface area contributed by atoms with Gasteiger partial charge in [-0.2, -0.15) is 0 Å². The molecule has 1 aromatic carbocycles. The summed E-state index contributed by atoms with van der Waals surface area (Å²) in [5.74, 6) is 0. The van der Waals surface area contributed by atoms with Gasteiger partial charge in [0.2, 0.25) is 0 Å². The molecule has 1 aromatic heterocycles. The molecule has 1 aliphatic carbocycles. The molecule has 1 amide bonds. The van der Waals surface area contributed by atoms with Gasteiger partial charge in [-0.3, -0.25) is 4.98 Å². The molecule has 1 heterocycles. The molecule has 1 aliphatic rings. The van der Waals surface area contributed by atoms with E-state index in [1.807, 2.05) is 48.5 Å². The Kier molecular flexibility index (Phi) is 5.21. The summed E-state index contributed by atoms with van der Waals surface area (Å²) in [5, 5.41) is 6.34. The molecule has 2 aromatic rings. The molecule has 1 saturated carbocycles. The number of carbonyl (C=O) groups is 1. The lowest BCUT2D eigenvalue weighted by molar-refractivity contribution is 0.125. The lowest BCUT2D eigenvalue weighted by Crippen LogP contribution is -2.52. The van der Waals surface area contributed by atoms with E-state index >= 15 is 0 Å². The zero-order chi connectivity index (χ0) is 15.9. The maximum Gasteiger partial charge on any atom is 0.407 e. The van der Waals surface area contributed by atoms with E-state index in [2.05, 4.69) is 15.6 Å². The smallest absolute Gasteiger partial charge is 0.407 e. The van der Waals surface area contributed by atoms with Gasteiger partial charge in [-0.15, -0.1) is 0 Å². The summed E-state index contributed by atoms with van der Waals surface area (Å²) >= 11 is 0. The van der Waals surface area contributed by atoms with E-state index in [-0.39, 0.29) is 12.1 Å². The topological polar surface area (TPSA) is 63.2 Å². The number of ether oxygens (including phenoxy) is 1. The summed E-state index contributed by atoms with van der Waals surface area (Å²) < 4.78 is 5.22. The van der Waals surface area contributed by atoms with E-state index in [1.54, 1.807) is 6.20 Å². The van der Waals surface area contributed by atoms with Gasteiger partial charge in [0.1, 0.15) is 6.61 Å². The van der Waals surface area contributed by atoms with Gasteiger partial charge in [0.25, 0.3) is 0 Å². The van der Waals surface area contributed by atoms with Crippen molar-refractivity contribution < 1.29 is 9.53 Å². The van der Waals surface area contributed by atoms with Crippen LogP contribution >= 0.6 is 0 Å². The molecule has 2 N–H and O–H groups in total. The Morgan fingerprint density at radius 2 is 1.87 bits per heavy atom. The number of pyridine rings is 1. The number of nitrogens with zero attached hydrogens (tertiary/aromatic N) is 1. The van der Waals surface area contributed by atoms with Crippen LogP contribution in [-0.4, -0.2) is 23.2 Å². The van der Waals surface area contributed by atoms with Crippen LogP contribution in [0.15, 0.2) is 54.7 Å². The van der Waals surface area contributed by atoms with Crippen molar-refractivity contribution in [2.24, 2.45) is 0 Å². The monoisotopic (exact) mass is 311 g/mol. The summed E-state index contributed by atoms with van der Waals surface area (Å²) in [6.45, 7) is 1.07.